The van der Waals surface area contributed by atoms with Crippen LogP contribution in [-0.2, 0) is 9.59 Å². The maximum atomic E-state index is 12.5. The Kier molecular flexibility index (Phi) is 9.01. The first-order chi connectivity index (χ1) is 16.0. The molecule has 180 valence electrons. The molecule has 1 heterocycles. The number of rotatable bonds is 5. The van der Waals surface area contributed by atoms with Gasteiger partial charge in [0.05, 0.1) is 17.3 Å². The number of carbonyl (C=O) groups excluding carboxylic acids is 1. The van der Waals surface area contributed by atoms with E-state index in [-0.39, 0.29) is 5.91 Å². The van der Waals surface area contributed by atoms with Crippen LogP contribution in [0.1, 0.15) is 15.9 Å². The molecule has 0 saturated carbocycles. The minimum Gasteiger partial charge on any atom is -0.478 e. The average molecular weight is 499 g/mol. The predicted octanol–water partition coefficient (Wildman–Crippen LogP) is 3.69. The maximum absolute atomic E-state index is 12.5. The van der Waals surface area contributed by atoms with E-state index >= 15 is 0 Å². The monoisotopic (exact) mass is 498 g/mol. The number of nitrogens with one attached hydrogen (secondary N) is 3. The van der Waals surface area contributed by atoms with Gasteiger partial charge in [0.15, 0.2) is 5.96 Å². The molecule has 2 aromatic carbocycles. The van der Waals surface area contributed by atoms with E-state index in [2.05, 4.69) is 20.9 Å². The molecule has 3 rings (SSSR count). The van der Waals surface area contributed by atoms with Crippen LogP contribution in [0, 0.1) is 0 Å². The van der Waals surface area contributed by atoms with Crippen LogP contribution in [0.2, 0.25) is 5.02 Å². The van der Waals surface area contributed by atoms with E-state index in [0.717, 1.165) is 24.9 Å². The molecular formula is C21H18ClF3N4O5. The Hall–Kier alpha value is -4.06. The first kappa shape index (κ1) is 26.2. The van der Waals surface area contributed by atoms with E-state index in [4.69, 9.17) is 26.6 Å². The summed E-state index contributed by atoms with van der Waals surface area (Å²) in [6.45, 7) is 1.51. The summed E-state index contributed by atoms with van der Waals surface area (Å²) >= 11 is 6.19. The van der Waals surface area contributed by atoms with Crippen LogP contribution in [-0.4, -0.2) is 53.3 Å². The van der Waals surface area contributed by atoms with Crippen molar-refractivity contribution in [3.05, 3.63) is 64.7 Å². The number of amides is 1. The van der Waals surface area contributed by atoms with E-state index in [1.807, 2.05) is 6.07 Å². The molecule has 1 aliphatic rings. The standard InChI is InChI=1S/C19H17ClN4O3.C2HF3O2/c20-15-10-12(5-7-17(25)26)4-6-16(15)24-18(27)13-2-1-3-14(11-13)23-19-21-8-9-22-19;3-2(4,5)1(6)7/h1-7,10-11H,8-9H2,(H,24,27)(H,25,26)(H2,21,22,23);(H,6,7)/b7-5+;. The van der Waals surface area contributed by atoms with Crippen LogP contribution in [0.25, 0.3) is 6.08 Å². The van der Waals surface area contributed by atoms with Crippen molar-refractivity contribution in [3.8, 4) is 0 Å². The molecule has 0 aromatic heterocycles. The third-order valence-corrected chi connectivity index (χ3v) is 4.28. The summed E-state index contributed by atoms with van der Waals surface area (Å²) in [6.07, 6.45) is -2.64. The second-order valence-corrected chi connectivity index (χ2v) is 6.94. The Bertz CT molecular complexity index is 1140. The normalized spacial score (nSPS) is 12.8. The number of benzene rings is 2. The summed E-state index contributed by atoms with van der Waals surface area (Å²) in [5.41, 5.74) is 2.27. The number of hydrogen-bond acceptors (Lipinski definition) is 6. The molecular weight excluding hydrogens is 481 g/mol. The molecule has 1 amide bonds. The molecule has 0 spiro atoms. The Labute approximate surface area is 196 Å². The zero-order valence-electron chi connectivity index (χ0n) is 17.2. The third-order valence-electron chi connectivity index (χ3n) is 3.96. The van der Waals surface area contributed by atoms with Crippen LogP contribution in [0.15, 0.2) is 53.5 Å². The fourth-order valence-corrected chi connectivity index (χ4v) is 2.69. The van der Waals surface area contributed by atoms with E-state index < -0.39 is 18.1 Å². The fourth-order valence-electron chi connectivity index (χ4n) is 2.45. The summed E-state index contributed by atoms with van der Waals surface area (Å²) in [7, 11) is 0. The Morgan fingerprint density at radius 3 is 2.38 bits per heavy atom. The van der Waals surface area contributed by atoms with E-state index in [0.29, 0.717) is 27.8 Å². The molecule has 0 atom stereocenters. The van der Waals surface area contributed by atoms with Crippen LogP contribution < -0.4 is 16.0 Å². The molecule has 0 saturated heterocycles. The van der Waals surface area contributed by atoms with Crippen molar-refractivity contribution in [2.45, 2.75) is 6.18 Å². The average Bonchev–Trinajstić information content (AvgIpc) is 3.27. The highest BCUT2D eigenvalue weighted by atomic mass is 35.5. The summed E-state index contributed by atoms with van der Waals surface area (Å²) in [5, 5.41) is 25.1. The molecule has 13 heteroatoms. The molecule has 0 aliphatic carbocycles. The summed E-state index contributed by atoms with van der Waals surface area (Å²) in [5.74, 6) is -3.43. The van der Waals surface area contributed by atoms with Crippen LogP contribution >= 0.6 is 11.6 Å². The van der Waals surface area contributed by atoms with Gasteiger partial charge in [0.2, 0.25) is 0 Å². The number of anilines is 2. The van der Waals surface area contributed by atoms with Crippen molar-refractivity contribution in [3.63, 3.8) is 0 Å². The first-order valence-corrected chi connectivity index (χ1v) is 9.81. The SMILES string of the molecule is O=C(O)/C=C/c1ccc(NC(=O)c2cccc(NC3=NCCN3)c2)c(Cl)c1.O=C(O)C(F)(F)F. The van der Waals surface area contributed by atoms with Gasteiger partial charge in [0.25, 0.3) is 5.91 Å². The lowest BCUT2D eigenvalue weighted by Crippen LogP contribution is -2.26. The number of aliphatic imine (C=N–C) groups is 1. The number of guanidine groups is 1. The zero-order chi connectivity index (χ0) is 25.3. The van der Waals surface area contributed by atoms with Crippen LogP contribution in [0.5, 0.6) is 0 Å². The molecule has 5 N–H and O–H groups in total. The predicted molar refractivity (Wildman–Crippen MR) is 120 cm³/mol. The van der Waals surface area contributed by atoms with Gasteiger partial charge in [-0.1, -0.05) is 23.7 Å². The molecule has 0 fully saturated rings. The van der Waals surface area contributed by atoms with Crippen molar-refractivity contribution >= 4 is 52.9 Å². The minimum atomic E-state index is -5.08. The lowest BCUT2D eigenvalue weighted by Gasteiger charge is -2.10. The van der Waals surface area contributed by atoms with Gasteiger partial charge in [-0.05, 0) is 42.0 Å². The van der Waals surface area contributed by atoms with E-state index in [1.54, 1.807) is 36.4 Å². The lowest BCUT2D eigenvalue weighted by atomic mass is 10.1. The Balaban J connectivity index is 0.000000509. The summed E-state index contributed by atoms with van der Waals surface area (Å²) < 4.78 is 31.7. The van der Waals surface area contributed by atoms with Crippen molar-refractivity contribution < 1.29 is 37.8 Å². The van der Waals surface area contributed by atoms with Gasteiger partial charge >= 0.3 is 18.1 Å². The number of halogens is 4. The van der Waals surface area contributed by atoms with Gasteiger partial charge in [-0.25, -0.2) is 9.59 Å². The fraction of sp³-hybridized carbons (Fsp3) is 0.143. The van der Waals surface area contributed by atoms with Gasteiger partial charge < -0.3 is 26.2 Å². The summed E-state index contributed by atoms with van der Waals surface area (Å²) in [4.78, 5) is 36.2. The highest BCUT2D eigenvalue weighted by Gasteiger charge is 2.38. The quantitative estimate of drug-likeness (QED) is 0.396. The largest absolute Gasteiger partial charge is 0.490 e. The highest BCUT2D eigenvalue weighted by Crippen LogP contribution is 2.24. The first-order valence-electron chi connectivity index (χ1n) is 9.43. The number of alkyl halides is 3. The molecule has 34 heavy (non-hydrogen) atoms. The van der Waals surface area contributed by atoms with Crippen molar-refractivity contribution in [1.29, 1.82) is 0 Å². The number of carboxylic acid groups (broad SMARTS) is 2. The van der Waals surface area contributed by atoms with Crippen molar-refractivity contribution in [1.82, 2.24) is 5.32 Å². The summed E-state index contributed by atoms with van der Waals surface area (Å²) in [6, 6.07) is 11.9. The smallest absolute Gasteiger partial charge is 0.478 e. The number of carbonyl (C=O) groups is 3. The number of carboxylic acids is 2. The number of hydrogen-bond donors (Lipinski definition) is 5. The second kappa shape index (κ2) is 11.7. The maximum Gasteiger partial charge on any atom is 0.490 e. The van der Waals surface area contributed by atoms with Gasteiger partial charge in [-0.15, -0.1) is 0 Å². The molecule has 1 aliphatic heterocycles. The van der Waals surface area contributed by atoms with Gasteiger partial charge in [-0.3, -0.25) is 9.79 Å². The molecule has 0 bridgehead atoms. The lowest BCUT2D eigenvalue weighted by molar-refractivity contribution is -0.192. The third kappa shape index (κ3) is 8.47. The van der Waals surface area contributed by atoms with Gasteiger partial charge in [0.1, 0.15) is 0 Å². The number of nitrogens with zero attached hydrogens (tertiary/aromatic N) is 1. The van der Waals surface area contributed by atoms with Crippen molar-refractivity contribution in [2.24, 2.45) is 4.99 Å². The molecule has 0 unspecified atom stereocenters. The molecule has 2 aromatic rings. The Morgan fingerprint density at radius 2 is 1.82 bits per heavy atom. The second-order valence-electron chi connectivity index (χ2n) is 6.53. The van der Waals surface area contributed by atoms with Crippen LogP contribution in [0.4, 0.5) is 24.5 Å². The molecule has 0 radical (unpaired) electrons. The topological polar surface area (TPSA) is 140 Å². The highest BCUT2D eigenvalue weighted by molar-refractivity contribution is 6.34. The minimum absolute atomic E-state index is 0.310. The van der Waals surface area contributed by atoms with E-state index in [9.17, 15) is 22.8 Å². The van der Waals surface area contributed by atoms with Crippen molar-refractivity contribution in [2.75, 3.05) is 23.7 Å². The van der Waals surface area contributed by atoms with Crippen LogP contribution in [0.3, 0.4) is 0 Å². The van der Waals surface area contributed by atoms with E-state index in [1.165, 1.54) is 6.08 Å². The Morgan fingerprint density at radius 1 is 1.12 bits per heavy atom. The van der Waals surface area contributed by atoms with Gasteiger partial charge in [-0.2, -0.15) is 13.2 Å². The zero-order valence-corrected chi connectivity index (χ0v) is 17.9. The number of aliphatic carboxylic acids is 2. The molecule has 9 nitrogen and oxygen atoms in total. The van der Waals surface area contributed by atoms with Gasteiger partial charge in [0, 0.05) is 23.9 Å².